The van der Waals surface area contributed by atoms with Gasteiger partial charge in [0.25, 0.3) is 11.8 Å². The summed E-state index contributed by atoms with van der Waals surface area (Å²) in [6.45, 7) is 3.92. The maximum atomic E-state index is 13.3. The monoisotopic (exact) mass is 565 g/mol. The number of amides is 4. The second-order valence-electron chi connectivity index (χ2n) is 9.52. The number of furan rings is 1. The van der Waals surface area contributed by atoms with E-state index in [4.69, 9.17) is 4.42 Å². The van der Waals surface area contributed by atoms with Crippen LogP contribution in [0.25, 0.3) is 6.08 Å². The van der Waals surface area contributed by atoms with E-state index in [1.165, 1.54) is 29.0 Å². The molecule has 4 aromatic rings. The van der Waals surface area contributed by atoms with Gasteiger partial charge in [0.05, 0.1) is 17.2 Å². The van der Waals surface area contributed by atoms with Gasteiger partial charge in [-0.25, -0.2) is 4.90 Å². The van der Waals surface area contributed by atoms with Crippen LogP contribution in [0.4, 0.5) is 11.4 Å². The smallest absolute Gasteiger partial charge is 0.272 e. The number of nitrogens with one attached hydrogen (secondary N) is 2. The standard InChI is InChI=1S/C32H27N3O5S/c1-20-13-14-24(16-21(20)2)35-29(36)19-28(32(35)39)41-26-12-6-10-23(17-26)33-31(38)27(18-25-11-7-15-40-25)34-30(37)22-8-4-3-5-9-22/h3-18,28H,19H2,1-2H3,(H,33,38)(H,34,37)/b27-18-/t28-/m0/s1. The van der Waals surface area contributed by atoms with Crippen molar-refractivity contribution in [3.63, 3.8) is 0 Å². The van der Waals surface area contributed by atoms with Gasteiger partial charge in [-0.2, -0.15) is 0 Å². The van der Waals surface area contributed by atoms with Crippen molar-refractivity contribution in [2.24, 2.45) is 0 Å². The van der Waals surface area contributed by atoms with Crippen LogP contribution >= 0.6 is 11.8 Å². The molecule has 1 saturated heterocycles. The molecule has 0 unspecified atom stereocenters. The van der Waals surface area contributed by atoms with Gasteiger partial charge >= 0.3 is 0 Å². The number of aryl methyl sites for hydroxylation is 2. The van der Waals surface area contributed by atoms with Crippen LogP contribution in [0.15, 0.2) is 106 Å². The third kappa shape index (κ3) is 6.47. The van der Waals surface area contributed by atoms with Crippen LogP contribution in [0.2, 0.25) is 0 Å². The first-order chi connectivity index (χ1) is 19.8. The third-order valence-electron chi connectivity index (χ3n) is 6.58. The number of carbonyl (C=O) groups is 4. The number of thioether (sulfide) groups is 1. The lowest BCUT2D eigenvalue weighted by atomic mass is 10.1. The van der Waals surface area contributed by atoms with E-state index in [-0.39, 0.29) is 23.9 Å². The summed E-state index contributed by atoms with van der Waals surface area (Å²) in [7, 11) is 0. The molecular weight excluding hydrogens is 538 g/mol. The molecule has 8 nitrogen and oxygen atoms in total. The first-order valence-electron chi connectivity index (χ1n) is 12.9. The summed E-state index contributed by atoms with van der Waals surface area (Å²) >= 11 is 1.27. The molecule has 1 aliphatic heterocycles. The van der Waals surface area contributed by atoms with Crippen molar-refractivity contribution in [2.45, 2.75) is 30.4 Å². The van der Waals surface area contributed by atoms with E-state index in [0.717, 1.165) is 11.1 Å². The Bertz CT molecular complexity index is 1650. The first kappa shape index (κ1) is 27.7. The molecule has 3 aromatic carbocycles. The molecule has 1 aliphatic rings. The van der Waals surface area contributed by atoms with Crippen LogP contribution in [0.3, 0.4) is 0 Å². The largest absolute Gasteiger partial charge is 0.465 e. The van der Waals surface area contributed by atoms with Crippen LogP contribution in [-0.4, -0.2) is 28.9 Å². The Kier molecular flexibility index (Phi) is 8.16. The highest BCUT2D eigenvalue weighted by molar-refractivity contribution is 8.00. The Morgan fingerprint density at radius 1 is 0.927 bits per heavy atom. The average molecular weight is 566 g/mol. The normalized spacial score (nSPS) is 15.2. The fraction of sp³-hybridized carbons (Fsp3) is 0.125. The maximum Gasteiger partial charge on any atom is 0.272 e. The SMILES string of the molecule is Cc1ccc(N2C(=O)C[C@H](Sc3cccc(NC(=O)/C(=C/c4ccco4)NC(=O)c4ccccc4)c3)C2=O)cc1C. The van der Waals surface area contributed by atoms with Crippen LogP contribution in [0.1, 0.15) is 33.7 Å². The highest BCUT2D eigenvalue weighted by atomic mass is 32.2. The summed E-state index contributed by atoms with van der Waals surface area (Å²) in [6.07, 6.45) is 2.99. The minimum absolute atomic E-state index is 0.00698. The van der Waals surface area contributed by atoms with Gasteiger partial charge < -0.3 is 15.1 Å². The summed E-state index contributed by atoms with van der Waals surface area (Å²) < 4.78 is 5.34. The Morgan fingerprint density at radius 2 is 1.73 bits per heavy atom. The van der Waals surface area contributed by atoms with E-state index < -0.39 is 17.1 Å². The number of carbonyl (C=O) groups excluding carboxylic acids is 4. The van der Waals surface area contributed by atoms with Crippen molar-refractivity contribution in [1.29, 1.82) is 0 Å². The quantitative estimate of drug-likeness (QED) is 0.209. The fourth-order valence-electron chi connectivity index (χ4n) is 4.30. The molecule has 0 saturated carbocycles. The first-order valence-corrected chi connectivity index (χ1v) is 13.8. The second-order valence-corrected chi connectivity index (χ2v) is 10.8. The average Bonchev–Trinajstić information content (AvgIpc) is 3.57. The van der Waals surface area contributed by atoms with Crippen molar-refractivity contribution in [2.75, 3.05) is 10.2 Å². The van der Waals surface area contributed by atoms with E-state index in [1.54, 1.807) is 66.7 Å². The number of benzene rings is 3. The molecule has 1 aromatic heterocycles. The van der Waals surface area contributed by atoms with Crippen LogP contribution in [0.5, 0.6) is 0 Å². The summed E-state index contributed by atoms with van der Waals surface area (Å²) in [4.78, 5) is 54.0. The van der Waals surface area contributed by atoms with Gasteiger partial charge in [-0.15, -0.1) is 11.8 Å². The van der Waals surface area contributed by atoms with Crippen LogP contribution in [0, 0.1) is 13.8 Å². The number of imide groups is 1. The van der Waals surface area contributed by atoms with Crippen molar-refractivity contribution < 1.29 is 23.6 Å². The molecule has 0 radical (unpaired) electrons. The van der Waals surface area contributed by atoms with E-state index in [1.807, 2.05) is 32.0 Å². The van der Waals surface area contributed by atoms with Crippen LogP contribution < -0.4 is 15.5 Å². The number of rotatable bonds is 8. The van der Waals surface area contributed by atoms with Gasteiger partial charge in [-0.1, -0.05) is 30.3 Å². The third-order valence-corrected chi connectivity index (χ3v) is 7.76. The molecule has 0 aliphatic carbocycles. The zero-order chi connectivity index (χ0) is 28.9. The fourth-order valence-corrected chi connectivity index (χ4v) is 5.41. The predicted octanol–water partition coefficient (Wildman–Crippen LogP) is 5.73. The van der Waals surface area contributed by atoms with Gasteiger partial charge in [-0.05, 0) is 79.6 Å². The zero-order valence-corrected chi connectivity index (χ0v) is 23.2. The molecule has 1 fully saturated rings. The lowest BCUT2D eigenvalue weighted by molar-refractivity contribution is -0.121. The molecule has 4 amide bonds. The van der Waals surface area contributed by atoms with Gasteiger partial charge in [0.1, 0.15) is 11.5 Å². The lowest BCUT2D eigenvalue weighted by Gasteiger charge is -2.16. The maximum absolute atomic E-state index is 13.3. The molecule has 41 heavy (non-hydrogen) atoms. The van der Waals surface area contributed by atoms with Gasteiger partial charge in [0.2, 0.25) is 11.8 Å². The molecular formula is C32H27N3O5S. The number of nitrogens with zero attached hydrogens (tertiary/aromatic N) is 1. The predicted molar refractivity (Wildman–Crippen MR) is 158 cm³/mol. The minimum Gasteiger partial charge on any atom is -0.465 e. The van der Waals surface area contributed by atoms with Gasteiger partial charge in [-0.3, -0.25) is 19.2 Å². The summed E-state index contributed by atoms with van der Waals surface area (Å²) in [5.41, 5.74) is 3.51. The molecule has 0 spiro atoms. The molecule has 2 N–H and O–H groups in total. The van der Waals surface area contributed by atoms with Crippen LogP contribution in [-0.2, 0) is 14.4 Å². The van der Waals surface area contributed by atoms with Crippen molar-refractivity contribution in [3.8, 4) is 0 Å². The highest BCUT2D eigenvalue weighted by Crippen LogP contribution is 2.35. The molecule has 2 heterocycles. The molecule has 0 bridgehead atoms. The Balaban J connectivity index is 1.30. The number of anilines is 2. The van der Waals surface area contributed by atoms with E-state index in [9.17, 15) is 19.2 Å². The zero-order valence-electron chi connectivity index (χ0n) is 22.4. The summed E-state index contributed by atoms with van der Waals surface area (Å²) in [6, 6.07) is 24.4. The Hall–Kier alpha value is -4.89. The van der Waals surface area contributed by atoms with E-state index >= 15 is 0 Å². The lowest BCUT2D eigenvalue weighted by Crippen LogP contribution is -2.31. The second kappa shape index (κ2) is 12.1. The number of hydrogen-bond donors (Lipinski definition) is 2. The molecule has 5 rings (SSSR count). The minimum atomic E-state index is -0.588. The van der Waals surface area contributed by atoms with Crippen molar-refractivity contribution in [1.82, 2.24) is 5.32 Å². The van der Waals surface area contributed by atoms with Crippen molar-refractivity contribution >= 4 is 52.8 Å². The molecule has 1 atom stereocenters. The van der Waals surface area contributed by atoms with E-state index in [2.05, 4.69) is 10.6 Å². The topological polar surface area (TPSA) is 109 Å². The summed E-state index contributed by atoms with van der Waals surface area (Å²) in [5.74, 6) is -1.13. The Morgan fingerprint density at radius 3 is 2.46 bits per heavy atom. The van der Waals surface area contributed by atoms with E-state index in [0.29, 0.717) is 27.6 Å². The number of hydrogen-bond acceptors (Lipinski definition) is 6. The molecule has 9 heteroatoms. The Labute approximate surface area is 241 Å². The summed E-state index contributed by atoms with van der Waals surface area (Å²) in [5, 5.41) is 4.88. The van der Waals surface area contributed by atoms with Crippen molar-refractivity contribution in [3.05, 3.63) is 119 Å². The highest BCUT2D eigenvalue weighted by Gasteiger charge is 2.40. The van der Waals surface area contributed by atoms with Gasteiger partial charge in [0.15, 0.2) is 0 Å². The van der Waals surface area contributed by atoms with Gasteiger partial charge in [0, 0.05) is 28.6 Å². The molecule has 206 valence electrons.